The number of ether oxygens (including phenoxy) is 1. The number of hydrogen-bond acceptors (Lipinski definition) is 3. The van der Waals surface area contributed by atoms with Gasteiger partial charge in [-0.3, -0.25) is 4.79 Å². The number of pyridine rings is 1. The Bertz CT molecular complexity index is 907. The van der Waals surface area contributed by atoms with Crippen LogP contribution in [0.4, 0.5) is 4.39 Å². The number of aromatic nitrogens is 2. The van der Waals surface area contributed by atoms with E-state index in [1.807, 2.05) is 29.3 Å². The van der Waals surface area contributed by atoms with Crippen molar-refractivity contribution in [3.8, 4) is 5.75 Å². The molecule has 0 radical (unpaired) electrons. The standard InChI is InChI=1S/C20H20FN3O2/c21-16-6-8-17(9-7-16)26-14-15-4-3-10-23(13-15)20(25)18-12-22-24-11-2-1-5-19(18)24/h1-2,5-9,11-12,15H,3-4,10,13-14H2/t15-/m1/s1. The van der Waals surface area contributed by atoms with Crippen LogP contribution >= 0.6 is 0 Å². The summed E-state index contributed by atoms with van der Waals surface area (Å²) in [5.41, 5.74) is 1.45. The highest BCUT2D eigenvalue weighted by molar-refractivity contribution is 6.00. The normalized spacial score (nSPS) is 17.4. The zero-order chi connectivity index (χ0) is 17.9. The number of carbonyl (C=O) groups excluding carboxylic acids is 1. The van der Waals surface area contributed by atoms with Crippen LogP contribution in [0.2, 0.25) is 0 Å². The van der Waals surface area contributed by atoms with Crippen molar-refractivity contribution in [2.45, 2.75) is 12.8 Å². The summed E-state index contributed by atoms with van der Waals surface area (Å²) in [6.45, 7) is 1.92. The van der Waals surface area contributed by atoms with E-state index in [-0.39, 0.29) is 17.6 Å². The summed E-state index contributed by atoms with van der Waals surface area (Å²) in [7, 11) is 0. The molecule has 6 heteroatoms. The number of benzene rings is 1. The Hall–Kier alpha value is -2.89. The smallest absolute Gasteiger partial charge is 0.257 e. The van der Waals surface area contributed by atoms with Crippen LogP contribution in [0.15, 0.2) is 54.9 Å². The molecule has 2 aromatic heterocycles. The fourth-order valence-corrected chi connectivity index (χ4v) is 3.40. The van der Waals surface area contributed by atoms with E-state index in [0.717, 1.165) is 24.9 Å². The van der Waals surface area contributed by atoms with Gasteiger partial charge in [-0.1, -0.05) is 6.07 Å². The lowest BCUT2D eigenvalue weighted by Gasteiger charge is -2.32. The number of hydrogen-bond donors (Lipinski definition) is 0. The lowest BCUT2D eigenvalue weighted by Crippen LogP contribution is -2.41. The number of halogens is 1. The molecule has 1 aromatic carbocycles. The molecule has 1 amide bonds. The zero-order valence-corrected chi connectivity index (χ0v) is 14.3. The molecule has 1 fully saturated rings. The third-order valence-electron chi connectivity index (χ3n) is 4.76. The highest BCUT2D eigenvalue weighted by atomic mass is 19.1. The average molecular weight is 353 g/mol. The van der Waals surface area contributed by atoms with Gasteiger partial charge < -0.3 is 9.64 Å². The van der Waals surface area contributed by atoms with Gasteiger partial charge in [0.1, 0.15) is 11.6 Å². The molecule has 134 valence electrons. The maximum absolute atomic E-state index is 13.0. The Morgan fingerprint density at radius 1 is 1.23 bits per heavy atom. The van der Waals surface area contributed by atoms with E-state index >= 15 is 0 Å². The number of rotatable bonds is 4. The van der Waals surface area contributed by atoms with E-state index in [9.17, 15) is 9.18 Å². The predicted molar refractivity (Wildman–Crippen MR) is 95.7 cm³/mol. The van der Waals surface area contributed by atoms with Crippen molar-refractivity contribution >= 4 is 11.4 Å². The average Bonchev–Trinajstić information content (AvgIpc) is 3.11. The molecule has 0 bridgehead atoms. The topological polar surface area (TPSA) is 46.8 Å². The van der Waals surface area contributed by atoms with Gasteiger partial charge in [-0.2, -0.15) is 5.10 Å². The van der Waals surface area contributed by atoms with Gasteiger partial charge in [0.2, 0.25) is 0 Å². The monoisotopic (exact) mass is 353 g/mol. The van der Waals surface area contributed by atoms with Crippen molar-refractivity contribution in [1.29, 1.82) is 0 Å². The Kier molecular flexibility index (Phi) is 4.56. The van der Waals surface area contributed by atoms with Crippen molar-refractivity contribution in [3.05, 3.63) is 66.2 Å². The summed E-state index contributed by atoms with van der Waals surface area (Å²) in [6.07, 6.45) is 5.43. The Labute approximate surface area is 151 Å². The van der Waals surface area contributed by atoms with Crippen LogP contribution in [0.25, 0.3) is 5.52 Å². The first-order chi connectivity index (χ1) is 12.7. The van der Waals surface area contributed by atoms with Gasteiger partial charge in [-0.25, -0.2) is 8.91 Å². The minimum atomic E-state index is -0.278. The number of likely N-dealkylation sites (tertiary alicyclic amines) is 1. The molecule has 0 unspecified atom stereocenters. The predicted octanol–water partition coefficient (Wildman–Crippen LogP) is 3.40. The van der Waals surface area contributed by atoms with E-state index in [2.05, 4.69) is 5.10 Å². The Morgan fingerprint density at radius 2 is 2.08 bits per heavy atom. The van der Waals surface area contributed by atoms with Crippen molar-refractivity contribution in [3.63, 3.8) is 0 Å². The van der Waals surface area contributed by atoms with Crippen LogP contribution in [0, 0.1) is 11.7 Å². The molecule has 3 aromatic rings. The van der Waals surface area contributed by atoms with Gasteiger partial charge in [0.25, 0.3) is 5.91 Å². The minimum absolute atomic E-state index is 0.0117. The first-order valence-corrected chi connectivity index (χ1v) is 8.81. The Morgan fingerprint density at radius 3 is 2.92 bits per heavy atom. The molecular formula is C20H20FN3O2. The number of nitrogens with zero attached hydrogens (tertiary/aromatic N) is 3. The highest BCUT2D eigenvalue weighted by Crippen LogP contribution is 2.22. The maximum atomic E-state index is 13.0. The molecule has 1 saturated heterocycles. The third kappa shape index (κ3) is 3.40. The number of fused-ring (bicyclic) bond motifs is 1. The zero-order valence-electron chi connectivity index (χ0n) is 14.3. The van der Waals surface area contributed by atoms with Gasteiger partial charge >= 0.3 is 0 Å². The summed E-state index contributed by atoms with van der Waals surface area (Å²) in [6, 6.07) is 11.7. The number of amides is 1. The van der Waals surface area contributed by atoms with E-state index in [1.54, 1.807) is 22.8 Å². The summed E-state index contributed by atoms with van der Waals surface area (Å²) in [4.78, 5) is 14.8. The van der Waals surface area contributed by atoms with Gasteiger partial charge in [0, 0.05) is 25.2 Å². The molecule has 26 heavy (non-hydrogen) atoms. The first kappa shape index (κ1) is 16.6. The van der Waals surface area contributed by atoms with Crippen molar-refractivity contribution in [1.82, 2.24) is 14.5 Å². The van der Waals surface area contributed by atoms with Crippen LogP contribution in [0.1, 0.15) is 23.2 Å². The lowest BCUT2D eigenvalue weighted by atomic mass is 9.98. The molecular weight excluding hydrogens is 333 g/mol. The largest absolute Gasteiger partial charge is 0.493 e. The van der Waals surface area contributed by atoms with Crippen molar-refractivity contribution < 1.29 is 13.9 Å². The highest BCUT2D eigenvalue weighted by Gasteiger charge is 2.26. The summed E-state index contributed by atoms with van der Waals surface area (Å²) in [5.74, 6) is 0.648. The van der Waals surface area contributed by atoms with Gasteiger partial charge in [-0.05, 0) is 49.2 Å². The molecule has 0 aliphatic carbocycles. The van der Waals surface area contributed by atoms with E-state index in [4.69, 9.17) is 4.74 Å². The second-order valence-electron chi connectivity index (χ2n) is 6.61. The summed E-state index contributed by atoms with van der Waals surface area (Å²) >= 11 is 0. The number of carbonyl (C=O) groups is 1. The van der Waals surface area contributed by atoms with Crippen LogP contribution in [0.5, 0.6) is 5.75 Å². The molecule has 4 rings (SSSR count). The summed E-state index contributed by atoms with van der Waals surface area (Å²) < 4.78 is 20.4. The van der Waals surface area contributed by atoms with Crippen LogP contribution in [0.3, 0.4) is 0 Å². The molecule has 1 aliphatic heterocycles. The van der Waals surface area contributed by atoms with Crippen LogP contribution < -0.4 is 4.74 Å². The van der Waals surface area contributed by atoms with E-state index in [0.29, 0.717) is 24.5 Å². The third-order valence-corrected chi connectivity index (χ3v) is 4.76. The van der Waals surface area contributed by atoms with Crippen molar-refractivity contribution in [2.75, 3.05) is 19.7 Å². The SMILES string of the molecule is O=C(c1cnn2ccccc12)N1CCC[C@@H](COc2ccc(F)cc2)C1. The summed E-state index contributed by atoms with van der Waals surface area (Å²) in [5, 5.41) is 4.25. The molecule has 0 saturated carbocycles. The minimum Gasteiger partial charge on any atom is -0.493 e. The van der Waals surface area contributed by atoms with Gasteiger partial charge in [0.15, 0.2) is 0 Å². The quantitative estimate of drug-likeness (QED) is 0.722. The fourth-order valence-electron chi connectivity index (χ4n) is 3.40. The second-order valence-corrected chi connectivity index (χ2v) is 6.61. The second kappa shape index (κ2) is 7.15. The number of piperidine rings is 1. The molecule has 0 N–H and O–H groups in total. The van der Waals surface area contributed by atoms with E-state index < -0.39 is 0 Å². The maximum Gasteiger partial charge on any atom is 0.257 e. The lowest BCUT2D eigenvalue weighted by molar-refractivity contribution is 0.0635. The fraction of sp³-hybridized carbons (Fsp3) is 0.300. The van der Waals surface area contributed by atoms with Crippen molar-refractivity contribution in [2.24, 2.45) is 5.92 Å². The molecule has 1 atom stereocenters. The molecule has 3 heterocycles. The van der Waals surface area contributed by atoms with Crippen LogP contribution in [-0.2, 0) is 0 Å². The Balaban J connectivity index is 1.41. The molecule has 5 nitrogen and oxygen atoms in total. The van der Waals surface area contributed by atoms with E-state index in [1.165, 1.54) is 12.1 Å². The molecule has 1 aliphatic rings. The first-order valence-electron chi connectivity index (χ1n) is 8.81. The van der Waals surface area contributed by atoms with Gasteiger partial charge in [0.05, 0.1) is 23.9 Å². The van der Waals surface area contributed by atoms with Crippen LogP contribution in [-0.4, -0.2) is 40.1 Å². The van der Waals surface area contributed by atoms with Gasteiger partial charge in [-0.15, -0.1) is 0 Å². The molecule has 0 spiro atoms.